The predicted molar refractivity (Wildman–Crippen MR) is 115 cm³/mol. The smallest absolute Gasteiger partial charge is 0.126 e. The van der Waals surface area contributed by atoms with Crippen LogP contribution < -0.4 is 5.32 Å². The molecular formula is C24H22ClFN2O. The van der Waals surface area contributed by atoms with Crippen LogP contribution in [-0.4, -0.2) is 10.8 Å². The first-order valence-corrected chi connectivity index (χ1v) is 10.1. The van der Waals surface area contributed by atoms with E-state index in [9.17, 15) is 9.50 Å². The minimum absolute atomic E-state index is 0.179. The third kappa shape index (κ3) is 4.34. The second kappa shape index (κ2) is 8.36. The summed E-state index contributed by atoms with van der Waals surface area (Å²) in [5, 5.41) is 14.4. The van der Waals surface area contributed by atoms with Gasteiger partial charge in [-0.2, -0.15) is 0 Å². The minimum atomic E-state index is -0.353. The van der Waals surface area contributed by atoms with Crippen LogP contribution in [-0.2, 0) is 6.42 Å². The van der Waals surface area contributed by atoms with E-state index >= 15 is 0 Å². The molecule has 0 saturated carbocycles. The molecule has 0 radical (unpaired) electrons. The molecule has 2 N–H and O–H groups in total. The summed E-state index contributed by atoms with van der Waals surface area (Å²) in [6.45, 7) is 2.12. The molecule has 1 aliphatic rings. The fourth-order valence-corrected chi connectivity index (χ4v) is 3.81. The van der Waals surface area contributed by atoms with Crippen LogP contribution in [0.4, 0.5) is 4.39 Å². The van der Waals surface area contributed by atoms with Gasteiger partial charge in [-0.15, -0.1) is 0 Å². The van der Waals surface area contributed by atoms with Gasteiger partial charge in [-0.05, 0) is 53.4 Å². The van der Waals surface area contributed by atoms with Gasteiger partial charge in [0, 0.05) is 28.8 Å². The van der Waals surface area contributed by atoms with E-state index in [1.165, 1.54) is 17.7 Å². The maximum absolute atomic E-state index is 13.4. The van der Waals surface area contributed by atoms with E-state index in [-0.39, 0.29) is 23.8 Å². The molecule has 4 rings (SSSR count). The van der Waals surface area contributed by atoms with Gasteiger partial charge in [0.1, 0.15) is 17.7 Å². The highest BCUT2D eigenvalue weighted by Gasteiger charge is 2.27. The SMILES string of the molecule is CCc1ccc(C2=N[C@@H](c3ccc(F)cc3)N[C@@H](c3cc(Cl)ccc3O)C2)cc1. The number of aryl methyl sites for hydroxylation is 1. The van der Waals surface area contributed by atoms with E-state index in [1.807, 2.05) is 0 Å². The van der Waals surface area contributed by atoms with E-state index in [0.717, 1.165) is 28.8 Å². The molecule has 1 aliphatic heterocycles. The molecule has 3 aromatic rings. The minimum Gasteiger partial charge on any atom is -0.508 e. The Kier molecular flexibility index (Phi) is 5.65. The van der Waals surface area contributed by atoms with Gasteiger partial charge in [0.2, 0.25) is 0 Å². The third-order valence-corrected chi connectivity index (χ3v) is 5.52. The number of nitrogens with zero attached hydrogens (tertiary/aromatic N) is 1. The van der Waals surface area contributed by atoms with E-state index in [0.29, 0.717) is 11.4 Å². The van der Waals surface area contributed by atoms with Crippen molar-refractivity contribution in [1.29, 1.82) is 0 Å². The molecule has 148 valence electrons. The molecule has 0 amide bonds. The fourth-order valence-electron chi connectivity index (χ4n) is 3.63. The number of nitrogens with one attached hydrogen (secondary N) is 1. The van der Waals surface area contributed by atoms with Crippen LogP contribution in [0.2, 0.25) is 5.02 Å². The van der Waals surface area contributed by atoms with Gasteiger partial charge in [0.05, 0.1) is 0 Å². The lowest BCUT2D eigenvalue weighted by Crippen LogP contribution is -2.33. The number of aliphatic imine (C=N–C) groups is 1. The zero-order chi connectivity index (χ0) is 20.4. The monoisotopic (exact) mass is 408 g/mol. The first-order chi connectivity index (χ1) is 14.0. The number of aromatic hydroxyl groups is 1. The number of halogens is 2. The second-order valence-corrected chi connectivity index (χ2v) is 7.64. The predicted octanol–water partition coefficient (Wildman–Crippen LogP) is 5.97. The zero-order valence-electron chi connectivity index (χ0n) is 16.1. The van der Waals surface area contributed by atoms with Crippen molar-refractivity contribution in [3.05, 3.63) is 99.8 Å². The molecule has 5 heteroatoms. The molecule has 2 atom stereocenters. The van der Waals surface area contributed by atoms with Crippen molar-refractivity contribution in [2.24, 2.45) is 4.99 Å². The highest BCUT2D eigenvalue weighted by atomic mass is 35.5. The Hall–Kier alpha value is -2.69. The molecule has 0 fully saturated rings. The van der Waals surface area contributed by atoms with Crippen molar-refractivity contribution in [2.75, 3.05) is 0 Å². The summed E-state index contributed by atoms with van der Waals surface area (Å²) in [4.78, 5) is 4.90. The van der Waals surface area contributed by atoms with Crippen LogP contribution in [0.25, 0.3) is 0 Å². The molecule has 0 aliphatic carbocycles. The molecular weight excluding hydrogens is 387 g/mol. The lowest BCUT2D eigenvalue weighted by Gasteiger charge is -2.31. The lowest BCUT2D eigenvalue weighted by molar-refractivity contribution is 0.412. The van der Waals surface area contributed by atoms with E-state index in [1.54, 1.807) is 30.3 Å². The summed E-state index contributed by atoms with van der Waals surface area (Å²) in [6.07, 6.45) is 1.23. The third-order valence-electron chi connectivity index (χ3n) is 5.29. The number of rotatable bonds is 4. The topological polar surface area (TPSA) is 44.6 Å². The Morgan fingerprint density at radius 3 is 2.48 bits per heavy atom. The Morgan fingerprint density at radius 2 is 1.79 bits per heavy atom. The largest absolute Gasteiger partial charge is 0.508 e. The van der Waals surface area contributed by atoms with Crippen LogP contribution in [0.3, 0.4) is 0 Å². The standard InChI is InChI=1S/C24H22ClFN2O/c1-2-15-3-5-16(6-4-15)21-14-22(20-13-18(25)9-12-23(20)29)28-24(27-21)17-7-10-19(26)11-8-17/h3-13,22,24,28-29H,2,14H2,1H3/t22-,24-/m1/s1. The summed E-state index contributed by atoms with van der Waals surface area (Å²) in [5.74, 6) is -0.0970. The Bertz CT molecular complexity index is 1030. The lowest BCUT2D eigenvalue weighted by atomic mass is 9.93. The maximum Gasteiger partial charge on any atom is 0.126 e. The number of phenols is 1. The van der Waals surface area contributed by atoms with Gasteiger partial charge in [-0.1, -0.05) is 54.9 Å². The van der Waals surface area contributed by atoms with Crippen LogP contribution >= 0.6 is 11.6 Å². The van der Waals surface area contributed by atoms with Gasteiger partial charge < -0.3 is 5.11 Å². The van der Waals surface area contributed by atoms with Gasteiger partial charge in [0.25, 0.3) is 0 Å². The van der Waals surface area contributed by atoms with Gasteiger partial charge in [0.15, 0.2) is 0 Å². The second-order valence-electron chi connectivity index (χ2n) is 7.21. The molecule has 3 nitrogen and oxygen atoms in total. The zero-order valence-corrected chi connectivity index (χ0v) is 16.8. The average Bonchev–Trinajstić information content (AvgIpc) is 2.75. The number of benzene rings is 3. The number of hydrogen-bond donors (Lipinski definition) is 2. The number of phenolic OH excluding ortho intramolecular Hbond substituents is 1. The maximum atomic E-state index is 13.4. The Labute approximate surface area is 174 Å². The van der Waals surface area contributed by atoms with Gasteiger partial charge in [-0.3, -0.25) is 10.3 Å². The molecule has 0 saturated heterocycles. The summed E-state index contributed by atoms with van der Waals surface area (Å²) in [6, 6.07) is 19.6. The van der Waals surface area contributed by atoms with Crippen molar-refractivity contribution in [1.82, 2.24) is 5.32 Å². The molecule has 0 unspecified atom stereocenters. The summed E-state index contributed by atoms with van der Waals surface area (Å²) < 4.78 is 13.4. The van der Waals surface area contributed by atoms with Crippen molar-refractivity contribution >= 4 is 17.3 Å². The van der Waals surface area contributed by atoms with Crippen molar-refractivity contribution in [3.8, 4) is 5.75 Å². The molecule has 29 heavy (non-hydrogen) atoms. The quantitative estimate of drug-likeness (QED) is 0.558. The van der Waals surface area contributed by atoms with Crippen LogP contribution in [0.15, 0.2) is 71.7 Å². The summed E-state index contributed by atoms with van der Waals surface area (Å²) in [7, 11) is 0. The Morgan fingerprint density at radius 1 is 1.07 bits per heavy atom. The Balaban J connectivity index is 1.75. The summed E-state index contributed by atoms with van der Waals surface area (Å²) in [5.41, 5.74) is 4.83. The average molecular weight is 409 g/mol. The highest BCUT2D eigenvalue weighted by molar-refractivity contribution is 6.30. The fraction of sp³-hybridized carbons (Fsp3) is 0.208. The normalized spacial score (nSPS) is 19.1. The van der Waals surface area contributed by atoms with Crippen LogP contribution in [0.1, 0.15) is 47.8 Å². The van der Waals surface area contributed by atoms with E-state index < -0.39 is 0 Å². The van der Waals surface area contributed by atoms with E-state index in [4.69, 9.17) is 16.6 Å². The molecule has 1 heterocycles. The first-order valence-electron chi connectivity index (χ1n) is 9.69. The van der Waals surface area contributed by atoms with Crippen LogP contribution in [0.5, 0.6) is 5.75 Å². The molecule has 3 aromatic carbocycles. The molecule has 0 bridgehead atoms. The van der Waals surface area contributed by atoms with Crippen molar-refractivity contribution in [3.63, 3.8) is 0 Å². The van der Waals surface area contributed by atoms with Crippen molar-refractivity contribution in [2.45, 2.75) is 32.0 Å². The van der Waals surface area contributed by atoms with Crippen LogP contribution in [0, 0.1) is 5.82 Å². The molecule has 0 spiro atoms. The van der Waals surface area contributed by atoms with E-state index in [2.05, 4.69) is 36.5 Å². The highest BCUT2D eigenvalue weighted by Crippen LogP contribution is 2.35. The first kappa shape index (κ1) is 19.6. The van der Waals surface area contributed by atoms with Gasteiger partial charge in [-0.25, -0.2) is 4.39 Å². The number of hydrogen-bond acceptors (Lipinski definition) is 3. The molecule has 0 aromatic heterocycles. The summed E-state index contributed by atoms with van der Waals surface area (Å²) >= 11 is 6.18. The van der Waals surface area contributed by atoms with Crippen molar-refractivity contribution < 1.29 is 9.50 Å². The van der Waals surface area contributed by atoms with Gasteiger partial charge >= 0.3 is 0 Å².